The molecular weight excluding hydrogens is 540 g/mol. The van der Waals surface area contributed by atoms with Gasteiger partial charge in [0.2, 0.25) is 0 Å². The number of pyridine rings is 1. The maximum atomic E-state index is 13.2. The Kier molecular flexibility index (Phi) is 8.55. The van der Waals surface area contributed by atoms with E-state index in [-0.39, 0.29) is 5.78 Å². The zero-order chi connectivity index (χ0) is 28.9. The van der Waals surface area contributed by atoms with E-state index in [9.17, 15) is 4.79 Å². The van der Waals surface area contributed by atoms with Gasteiger partial charge in [-0.3, -0.25) is 14.7 Å². The van der Waals surface area contributed by atoms with Crippen LogP contribution in [0.3, 0.4) is 0 Å². The van der Waals surface area contributed by atoms with Crippen LogP contribution in [0.25, 0.3) is 21.7 Å². The van der Waals surface area contributed by atoms with Crippen LogP contribution in [0.4, 0.5) is 0 Å². The van der Waals surface area contributed by atoms with Gasteiger partial charge in [-0.15, -0.1) is 0 Å². The van der Waals surface area contributed by atoms with Crippen molar-refractivity contribution in [3.8, 4) is 21.7 Å². The number of hydrogen-bond donors (Lipinski definition) is 0. The van der Waals surface area contributed by atoms with Crippen molar-refractivity contribution in [3.63, 3.8) is 0 Å². The Morgan fingerprint density at radius 2 is 1.67 bits per heavy atom. The molecule has 0 unspecified atom stereocenters. The SMILES string of the molecule is Cc1ccc(CC(=O)c2ccc(CN3CCN(C)CC3)cc2)cc1Cc1nccc(-c2cncc(-c3ccns3)c2)n1. The van der Waals surface area contributed by atoms with Crippen LogP contribution in [0.5, 0.6) is 0 Å². The number of Topliss-reactive ketones (excluding diaryl/α,β-unsaturated/α-hetero) is 1. The van der Waals surface area contributed by atoms with Gasteiger partial charge in [-0.25, -0.2) is 14.3 Å². The summed E-state index contributed by atoms with van der Waals surface area (Å²) >= 11 is 1.45. The number of hydrogen-bond acceptors (Lipinski definition) is 8. The van der Waals surface area contributed by atoms with Crippen LogP contribution >= 0.6 is 11.5 Å². The summed E-state index contributed by atoms with van der Waals surface area (Å²) in [5, 5.41) is 0. The average Bonchev–Trinajstić information content (AvgIpc) is 3.56. The molecule has 0 atom stereocenters. The van der Waals surface area contributed by atoms with Crippen molar-refractivity contribution in [2.45, 2.75) is 26.3 Å². The number of rotatable bonds is 9. The molecule has 0 bridgehead atoms. The summed E-state index contributed by atoms with van der Waals surface area (Å²) < 4.78 is 4.20. The average molecular weight is 575 g/mol. The summed E-state index contributed by atoms with van der Waals surface area (Å²) in [7, 11) is 2.17. The Morgan fingerprint density at radius 3 is 2.45 bits per heavy atom. The number of carbonyl (C=O) groups excluding carboxylic acids is 1. The lowest BCUT2D eigenvalue weighted by Crippen LogP contribution is -2.43. The van der Waals surface area contributed by atoms with Gasteiger partial charge < -0.3 is 4.90 Å². The lowest BCUT2D eigenvalue weighted by Gasteiger charge is -2.32. The minimum absolute atomic E-state index is 0.127. The number of ketones is 1. The van der Waals surface area contributed by atoms with Gasteiger partial charge in [-0.05, 0) is 66.0 Å². The Balaban J connectivity index is 1.12. The molecule has 0 aliphatic carbocycles. The molecule has 0 spiro atoms. The summed E-state index contributed by atoms with van der Waals surface area (Å²) in [5.41, 5.74) is 8.08. The minimum Gasteiger partial charge on any atom is -0.304 e. The topological polar surface area (TPSA) is 75.1 Å². The van der Waals surface area contributed by atoms with Crippen LogP contribution in [0.1, 0.15) is 38.4 Å². The van der Waals surface area contributed by atoms with E-state index >= 15 is 0 Å². The number of carbonyl (C=O) groups is 1. The first-order valence-electron chi connectivity index (χ1n) is 14.3. The third kappa shape index (κ3) is 6.85. The third-order valence-electron chi connectivity index (χ3n) is 7.87. The van der Waals surface area contributed by atoms with E-state index in [0.29, 0.717) is 12.8 Å². The molecule has 6 rings (SSSR count). The molecule has 212 valence electrons. The Morgan fingerprint density at radius 1 is 0.881 bits per heavy atom. The standard InChI is InChI=1S/C34H34N6OS/c1-24-3-4-26(18-32(41)27-7-5-25(6-8-27)23-40-15-13-39(2)14-16-40)17-28(24)20-34-36-11-9-31(38-34)29-19-30(22-35-21-29)33-10-12-37-42-33/h3-12,17,19,21-22H,13-16,18,20,23H2,1-2H3. The third-order valence-corrected chi connectivity index (χ3v) is 8.66. The number of aryl methyl sites for hydroxylation is 1. The van der Waals surface area contributed by atoms with E-state index < -0.39 is 0 Å². The van der Waals surface area contributed by atoms with E-state index in [2.05, 4.69) is 68.4 Å². The highest BCUT2D eigenvalue weighted by Gasteiger charge is 2.15. The normalized spacial score (nSPS) is 14.2. The monoisotopic (exact) mass is 574 g/mol. The van der Waals surface area contributed by atoms with E-state index in [4.69, 9.17) is 4.98 Å². The number of nitrogens with zero attached hydrogens (tertiary/aromatic N) is 6. The first-order chi connectivity index (χ1) is 20.5. The van der Waals surface area contributed by atoms with Crippen LogP contribution in [-0.4, -0.2) is 68.1 Å². The molecular formula is C34H34N6OS. The summed E-state index contributed by atoms with van der Waals surface area (Å²) in [5.74, 6) is 0.862. The Hall–Kier alpha value is -4.11. The van der Waals surface area contributed by atoms with Crippen molar-refractivity contribution in [2.24, 2.45) is 0 Å². The summed E-state index contributed by atoms with van der Waals surface area (Å²) in [6, 6.07) is 20.4. The van der Waals surface area contributed by atoms with Gasteiger partial charge in [-0.1, -0.05) is 42.5 Å². The van der Waals surface area contributed by atoms with Crippen molar-refractivity contribution < 1.29 is 4.79 Å². The molecule has 8 heteroatoms. The predicted molar refractivity (Wildman–Crippen MR) is 168 cm³/mol. The van der Waals surface area contributed by atoms with Gasteiger partial charge in [0.05, 0.1) is 10.6 Å². The zero-order valence-electron chi connectivity index (χ0n) is 24.0. The van der Waals surface area contributed by atoms with Crippen molar-refractivity contribution in [1.82, 2.24) is 29.1 Å². The summed E-state index contributed by atoms with van der Waals surface area (Å²) in [6.45, 7) is 7.39. The fraction of sp³-hybridized carbons (Fsp3) is 0.265. The lowest BCUT2D eigenvalue weighted by atomic mass is 9.97. The van der Waals surface area contributed by atoms with Crippen molar-refractivity contribution in [3.05, 3.63) is 119 Å². The van der Waals surface area contributed by atoms with Gasteiger partial charge in [0.25, 0.3) is 0 Å². The second-order valence-electron chi connectivity index (χ2n) is 11.0. The second kappa shape index (κ2) is 12.8. The molecule has 5 aromatic rings. The molecule has 1 aliphatic rings. The highest BCUT2D eigenvalue weighted by Crippen LogP contribution is 2.26. The van der Waals surface area contributed by atoms with Crippen LogP contribution in [0, 0.1) is 6.92 Å². The molecule has 3 aromatic heterocycles. The molecule has 4 heterocycles. The van der Waals surface area contributed by atoms with E-state index in [1.165, 1.54) is 17.1 Å². The van der Waals surface area contributed by atoms with Crippen LogP contribution in [0.2, 0.25) is 0 Å². The summed E-state index contributed by atoms with van der Waals surface area (Å²) in [4.78, 5) is 32.9. The Bertz CT molecular complexity index is 1660. The maximum Gasteiger partial charge on any atom is 0.167 e. The minimum atomic E-state index is 0.127. The second-order valence-corrected chi connectivity index (χ2v) is 11.8. The van der Waals surface area contributed by atoms with Gasteiger partial charge in [-0.2, -0.15) is 0 Å². The van der Waals surface area contributed by atoms with E-state index in [1.807, 2.05) is 42.7 Å². The van der Waals surface area contributed by atoms with Crippen LogP contribution < -0.4 is 0 Å². The first-order valence-corrected chi connectivity index (χ1v) is 15.1. The number of benzene rings is 2. The summed E-state index contributed by atoms with van der Waals surface area (Å²) in [6.07, 6.45) is 8.22. The fourth-order valence-electron chi connectivity index (χ4n) is 5.27. The molecule has 0 radical (unpaired) electrons. The maximum absolute atomic E-state index is 13.2. The van der Waals surface area contributed by atoms with Gasteiger partial charge in [0.15, 0.2) is 5.78 Å². The molecule has 1 saturated heterocycles. The number of piperazine rings is 1. The van der Waals surface area contributed by atoms with Gasteiger partial charge in [0, 0.05) is 87.0 Å². The van der Waals surface area contributed by atoms with Gasteiger partial charge in [0.1, 0.15) is 5.82 Å². The van der Waals surface area contributed by atoms with E-state index in [1.54, 1.807) is 12.4 Å². The molecule has 0 amide bonds. The number of likely N-dealkylation sites (N-methyl/N-ethyl adjacent to an activating group) is 1. The zero-order valence-corrected chi connectivity index (χ0v) is 24.8. The van der Waals surface area contributed by atoms with Crippen LogP contribution in [0.15, 0.2) is 85.5 Å². The molecule has 1 fully saturated rings. The highest BCUT2D eigenvalue weighted by molar-refractivity contribution is 7.09. The van der Waals surface area contributed by atoms with Gasteiger partial charge >= 0.3 is 0 Å². The van der Waals surface area contributed by atoms with E-state index in [0.717, 1.165) is 82.5 Å². The smallest absolute Gasteiger partial charge is 0.167 e. The first kappa shape index (κ1) is 28.0. The lowest BCUT2D eigenvalue weighted by molar-refractivity contribution is 0.0993. The molecule has 0 saturated carbocycles. The molecule has 7 nitrogen and oxygen atoms in total. The predicted octanol–water partition coefficient (Wildman–Crippen LogP) is 5.73. The number of aromatic nitrogens is 4. The molecule has 2 aromatic carbocycles. The molecule has 42 heavy (non-hydrogen) atoms. The largest absolute Gasteiger partial charge is 0.304 e. The van der Waals surface area contributed by atoms with Crippen molar-refractivity contribution in [1.29, 1.82) is 0 Å². The van der Waals surface area contributed by atoms with Crippen molar-refractivity contribution in [2.75, 3.05) is 33.2 Å². The molecule has 1 aliphatic heterocycles. The fourth-order valence-corrected chi connectivity index (χ4v) is 5.84. The Labute approximate surface area is 251 Å². The quantitative estimate of drug-likeness (QED) is 0.208. The highest BCUT2D eigenvalue weighted by atomic mass is 32.1. The van der Waals surface area contributed by atoms with Crippen molar-refractivity contribution >= 4 is 17.3 Å². The molecule has 0 N–H and O–H groups in total. The van der Waals surface area contributed by atoms with Crippen LogP contribution in [-0.2, 0) is 19.4 Å².